The van der Waals surface area contributed by atoms with Crippen molar-refractivity contribution in [2.45, 2.75) is 18.4 Å². The molecule has 7 nitrogen and oxygen atoms in total. The number of carbonyl (C=O) groups is 1. The van der Waals surface area contributed by atoms with Crippen molar-refractivity contribution in [3.05, 3.63) is 109 Å². The molecule has 0 aliphatic rings. The van der Waals surface area contributed by atoms with Gasteiger partial charge in [-0.1, -0.05) is 35.0 Å². The number of aliphatic hydroxyl groups excluding tert-OH is 1. The molecule has 1 heterocycles. The molecule has 1 N–H and O–H groups in total. The lowest BCUT2D eigenvalue weighted by Crippen LogP contribution is -2.29. The first-order chi connectivity index (χ1) is 16.2. The molecule has 2 atom stereocenters. The van der Waals surface area contributed by atoms with E-state index in [0.717, 1.165) is 0 Å². The predicted molar refractivity (Wildman–Crippen MR) is 129 cm³/mol. The third-order valence-corrected chi connectivity index (χ3v) is 5.97. The first-order valence-electron chi connectivity index (χ1n) is 10.7. The van der Waals surface area contributed by atoms with Gasteiger partial charge in [0.05, 0.1) is 6.61 Å². The number of nitroso groups, excluding NO2 is 1. The Hall–Kier alpha value is -3.36. The number of aryl methyl sites for hydroxylation is 1. The fourth-order valence-corrected chi connectivity index (χ4v) is 4.02. The fraction of sp³-hybridized carbons (Fsp3) is 0.280. The number of likely N-dealkylation sites (N-methyl/N-ethyl adjacent to an activating group) is 1. The van der Waals surface area contributed by atoms with Crippen molar-refractivity contribution in [3.63, 3.8) is 0 Å². The smallest absolute Gasteiger partial charge is 0.253 e. The summed E-state index contributed by atoms with van der Waals surface area (Å²) in [4.78, 5) is 37.7. The maximum absolute atomic E-state index is 15.0. The molecular formula is C25H25ClFN3O4. The van der Waals surface area contributed by atoms with Crippen molar-refractivity contribution < 1.29 is 14.3 Å². The van der Waals surface area contributed by atoms with E-state index in [1.54, 1.807) is 50.5 Å². The molecule has 0 radical (unpaired) electrons. The molecule has 0 fully saturated rings. The van der Waals surface area contributed by atoms with Gasteiger partial charge >= 0.3 is 0 Å². The quantitative estimate of drug-likeness (QED) is 0.458. The molecule has 178 valence electrons. The number of carbonyl (C=O) groups excluding carboxylic acids is 1. The van der Waals surface area contributed by atoms with Crippen LogP contribution in [0.25, 0.3) is 0 Å². The maximum Gasteiger partial charge on any atom is 0.253 e. The van der Waals surface area contributed by atoms with E-state index < -0.39 is 17.8 Å². The number of halogens is 2. The van der Waals surface area contributed by atoms with Gasteiger partial charge in [-0.3, -0.25) is 9.59 Å². The Morgan fingerprint density at radius 3 is 2.59 bits per heavy atom. The second-order valence-electron chi connectivity index (χ2n) is 8.06. The summed E-state index contributed by atoms with van der Waals surface area (Å²) in [5.74, 6) is -1.47. The van der Waals surface area contributed by atoms with Gasteiger partial charge in [0.2, 0.25) is 5.56 Å². The average molecular weight is 486 g/mol. The number of benzene rings is 2. The zero-order valence-electron chi connectivity index (χ0n) is 18.8. The highest BCUT2D eigenvalue weighted by Crippen LogP contribution is 2.37. The lowest BCUT2D eigenvalue weighted by Gasteiger charge is -2.23. The van der Waals surface area contributed by atoms with E-state index in [0.29, 0.717) is 22.3 Å². The zero-order valence-corrected chi connectivity index (χ0v) is 19.6. The number of rotatable bonds is 9. The van der Waals surface area contributed by atoms with Gasteiger partial charge in [-0.2, -0.15) is 4.91 Å². The number of aromatic nitrogens is 1. The van der Waals surface area contributed by atoms with Crippen LogP contribution in [0.15, 0.2) is 70.8 Å². The molecule has 1 aromatic heterocycles. The highest BCUT2D eigenvalue weighted by atomic mass is 35.5. The molecule has 34 heavy (non-hydrogen) atoms. The summed E-state index contributed by atoms with van der Waals surface area (Å²) in [7, 11) is 3.15. The average Bonchev–Trinajstić information content (AvgIpc) is 2.82. The first kappa shape index (κ1) is 25.3. The molecule has 0 spiro atoms. The first-order valence-corrected chi connectivity index (χ1v) is 11.0. The fourth-order valence-electron chi connectivity index (χ4n) is 3.86. The normalized spacial score (nSPS) is 12.7. The zero-order chi connectivity index (χ0) is 24.8. The van der Waals surface area contributed by atoms with Crippen LogP contribution in [0, 0.1) is 10.7 Å². The highest BCUT2D eigenvalue weighted by molar-refractivity contribution is 6.30. The Bertz CT molecular complexity index is 1250. The number of hydrogen-bond acceptors (Lipinski definition) is 5. The number of aliphatic hydroxyl groups is 1. The van der Waals surface area contributed by atoms with E-state index >= 15 is 4.39 Å². The highest BCUT2D eigenvalue weighted by Gasteiger charge is 2.26. The molecule has 1 amide bonds. The molecule has 0 bridgehead atoms. The maximum atomic E-state index is 15.0. The van der Waals surface area contributed by atoms with E-state index in [2.05, 4.69) is 5.18 Å². The van der Waals surface area contributed by atoms with Crippen LogP contribution in [-0.2, 0) is 7.05 Å². The van der Waals surface area contributed by atoms with Crippen LogP contribution in [-0.4, -0.2) is 40.7 Å². The molecule has 3 rings (SSSR count). The summed E-state index contributed by atoms with van der Waals surface area (Å²) in [5.41, 5.74) is 1.57. The van der Waals surface area contributed by atoms with E-state index in [1.807, 2.05) is 0 Å². The standard InChI is InChI=1S/C25H25ClFN3O4/c1-29(10-11-31)25(33)17-5-3-4-16(12-17)21(20-8-7-19(26)13-22(20)27)14-23(28-34)18-6-9-24(32)30(2)15-18/h3-9,12-13,15,21,23,31H,10-11,14H2,1-2H3. The van der Waals surface area contributed by atoms with Gasteiger partial charge in [-0.05, 0) is 53.4 Å². The van der Waals surface area contributed by atoms with E-state index in [1.165, 1.54) is 33.9 Å². The largest absolute Gasteiger partial charge is 0.395 e. The van der Waals surface area contributed by atoms with Crippen LogP contribution in [0.4, 0.5) is 4.39 Å². The number of hydrogen-bond donors (Lipinski definition) is 1. The lowest BCUT2D eigenvalue weighted by atomic mass is 9.83. The minimum Gasteiger partial charge on any atom is -0.395 e. The molecular weight excluding hydrogens is 461 g/mol. The van der Waals surface area contributed by atoms with Gasteiger partial charge in [0.15, 0.2) is 0 Å². The van der Waals surface area contributed by atoms with E-state index in [-0.39, 0.29) is 36.1 Å². The molecule has 0 aliphatic heterocycles. The van der Waals surface area contributed by atoms with Gasteiger partial charge in [0.25, 0.3) is 5.91 Å². The van der Waals surface area contributed by atoms with Crippen LogP contribution in [0.1, 0.15) is 45.4 Å². The van der Waals surface area contributed by atoms with Crippen molar-refractivity contribution in [1.82, 2.24) is 9.47 Å². The Morgan fingerprint density at radius 1 is 1.18 bits per heavy atom. The Labute approximate surface area is 201 Å². The van der Waals surface area contributed by atoms with Gasteiger partial charge in [-0.25, -0.2) is 4.39 Å². The van der Waals surface area contributed by atoms with Crippen molar-refractivity contribution in [2.24, 2.45) is 12.2 Å². The second-order valence-corrected chi connectivity index (χ2v) is 8.50. The van der Waals surface area contributed by atoms with Crippen LogP contribution >= 0.6 is 11.6 Å². The molecule has 0 saturated heterocycles. The van der Waals surface area contributed by atoms with Crippen molar-refractivity contribution in [1.29, 1.82) is 0 Å². The van der Waals surface area contributed by atoms with Crippen LogP contribution in [0.3, 0.4) is 0 Å². The lowest BCUT2D eigenvalue weighted by molar-refractivity contribution is 0.0767. The van der Waals surface area contributed by atoms with Crippen molar-refractivity contribution >= 4 is 17.5 Å². The summed E-state index contributed by atoms with van der Waals surface area (Å²) in [6, 6.07) is 13.1. The summed E-state index contributed by atoms with van der Waals surface area (Å²) >= 11 is 5.95. The summed E-state index contributed by atoms with van der Waals surface area (Å²) < 4.78 is 16.4. The Kier molecular flexibility index (Phi) is 8.31. The van der Waals surface area contributed by atoms with Crippen molar-refractivity contribution in [2.75, 3.05) is 20.2 Å². The summed E-state index contributed by atoms with van der Waals surface area (Å²) in [6.45, 7) is -0.00499. The number of pyridine rings is 1. The van der Waals surface area contributed by atoms with Crippen LogP contribution in [0.5, 0.6) is 0 Å². The minimum atomic E-state index is -0.872. The van der Waals surface area contributed by atoms with E-state index in [4.69, 9.17) is 16.7 Å². The van der Waals surface area contributed by atoms with Crippen LogP contribution in [0.2, 0.25) is 5.02 Å². The number of amides is 1. The molecule has 0 saturated carbocycles. The van der Waals surface area contributed by atoms with Gasteiger partial charge < -0.3 is 14.6 Å². The molecule has 9 heteroatoms. The minimum absolute atomic E-state index is 0.102. The predicted octanol–water partition coefficient (Wildman–Crippen LogP) is 4.27. The third kappa shape index (κ3) is 5.76. The molecule has 0 aliphatic carbocycles. The Morgan fingerprint density at radius 2 is 1.94 bits per heavy atom. The summed E-state index contributed by atoms with van der Waals surface area (Å²) in [5, 5.41) is 12.6. The van der Waals surface area contributed by atoms with E-state index in [9.17, 15) is 14.5 Å². The topological polar surface area (TPSA) is 92.0 Å². The SMILES string of the molecule is CN(CCO)C(=O)c1cccc(C(CC(N=O)c2ccc(=O)n(C)c2)c2ccc(Cl)cc2F)c1. The monoisotopic (exact) mass is 485 g/mol. The van der Waals surface area contributed by atoms with Gasteiger partial charge in [0.1, 0.15) is 11.9 Å². The van der Waals surface area contributed by atoms with Gasteiger partial charge in [0, 0.05) is 49.4 Å². The summed E-state index contributed by atoms with van der Waals surface area (Å²) in [6.07, 6.45) is 1.64. The third-order valence-electron chi connectivity index (χ3n) is 5.74. The molecule has 3 aromatic rings. The molecule has 2 aromatic carbocycles. The number of nitrogens with zero attached hydrogens (tertiary/aromatic N) is 3. The molecule has 2 unspecified atom stereocenters. The van der Waals surface area contributed by atoms with Crippen molar-refractivity contribution in [3.8, 4) is 0 Å². The Balaban J connectivity index is 2.07. The van der Waals surface area contributed by atoms with Gasteiger partial charge in [-0.15, -0.1) is 0 Å². The van der Waals surface area contributed by atoms with Crippen LogP contribution < -0.4 is 5.56 Å². The second kappa shape index (κ2) is 11.2.